The van der Waals surface area contributed by atoms with Crippen LogP contribution in [0.5, 0.6) is 5.75 Å². The minimum Gasteiger partial charge on any atom is -0.461 e. The second kappa shape index (κ2) is 13.6. The van der Waals surface area contributed by atoms with Crippen molar-refractivity contribution in [3.8, 4) is 5.75 Å². The molecule has 0 saturated carbocycles. The Morgan fingerprint density at radius 3 is 2.00 bits per heavy atom. The predicted molar refractivity (Wildman–Crippen MR) is 137 cm³/mol. The lowest BCUT2D eigenvalue weighted by Crippen LogP contribution is -2.17. The number of rotatable bonds is 13. The molecule has 0 aromatic heterocycles. The van der Waals surface area contributed by atoms with Crippen molar-refractivity contribution >= 4 is 19.5 Å². The van der Waals surface area contributed by atoms with Crippen LogP contribution < -0.4 is 4.52 Å². The van der Waals surface area contributed by atoms with Crippen LogP contribution in [0, 0.1) is 5.92 Å². The summed E-state index contributed by atoms with van der Waals surface area (Å²) in [6.07, 6.45) is 0.351. The molecular weight excluding hydrogens is 479 g/mol. The van der Waals surface area contributed by atoms with Crippen LogP contribution in [0.3, 0.4) is 0 Å². The van der Waals surface area contributed by atoms with Gasteiger partial charge < -0.3 is 18.5 Å². The topological polar surface area (TPSA) is 88.1 Å². The van der Waals surface area contributed by atoms with E-state index in [1.165, 1.54) is 7.11 Å². The molecule has 3 aromatic rings. The lowest BCUT2D eigenvalue weighted by Gasteiger charge is -2.19. The third-order valence-electron chi connectivity index (χ3n) is 5.47. The number of carbonyl (C=O) groups excluding carboxylic acids is 2. The molecule has 190 valence electrons. The van der Waals surface area contributed by atoms with E-state index in [9.17, 15) is 14.2 Å². The Morgan fingerprint density at radius 1 is 0.806 bits per heavy atom. The highest BCUT2D eigenvalue weighted by Crippen LogP contribution is 2.48. The largest absolute Gasteiger partial charge is 0.461 e. The zero-order chi connectivity index (χ0) is 25.8. The van der Waals surface area contributed by atoms with Crippen LogP contribution >= 0.6 is 7.60 Å². The van der Waals surface area contributed by atoms with E-state index in [1.54, 1.807) is 31.2 Å². The van der Waals surface area contributed by atoms with E-state index < -0.39 is 13.5 Å². The molecule has 0 aliphatic heterocycles. The maximum absolute atomic E-state index is 13.2. The molecule has 0 radical (unpaired) electrons. The van der Waals surface area contributed by atoms with Gasteiger partial charge in [-0.3, -0.25) is 9.59 Å². The summed E-state index contributed by atoms with van der Waals surface area (Å²) in [7, 11) is -2.21. The number of ether oxygens (including phenoxy) is 2. The highest BCUT2D eigenvalue weighted by Gasteiger charge is 2.28. The van der Waals surface area contributed by atoms with Crippen LogP contribution in [-0.2, 0) is 47.8 Å². The standard InChI is InChI=1S/C28H31O7P/c1-22(28(30)34-21-24-12-7-4-8-13-24)16-17-36(31,32-2)35-26-15-9-14-25(18-26)19-27(29)33-20-23-10-5-3-6-11-23/h3-15,18,22H,16-17,19-21H2,1-2H3/t22-,36?/m0/s1. The van der Waals surface area contributed by atoms with Gasteiger partial charge in [0.15, 0.2) is 0 Å². The molecule has 36 heavy (non-hydrogen) atoms. The van der Waals surface area contributed by atoms with Crippen LogP contribution in [0.4, 0.5) is 0 Å². The molecule has 0 aliphatic carbocycles. The van der Waals surface area contributed by atoms with Gasteiger partial charge in [0.05, 0.1) is 18.5 Å². The van der Waals surface area contributed by atoms with E-state index >= 15 is 0 Å². The lowest BCUT2D eigenvalue weighted by atomic mass is 10.1. The normalized spacial score (nSPS) is 13.3. The summed E-state index contributed by atoms with van der Waals surface area (Å²) < 4.78 is 34.7. The molecule has 0 heterocycles. The summed E-state index contributed by atoms with van der Waals surface area (Å²) in [6.45, 7) is 2.10. The van der Waals surface area contributed by atoms with E-state index in [0.717, 1.165) is 11.1 Å². The van der Waals surface area contributed by atoms with Gasteiger partial charge in [0.25, 0.3) is 0 Å². The van der Waals surface area contributed by atoms with Gasteiger partial charge in [-0.25, -0.2) is 4.57 Å². The van der Waals surface area contributed by atoms with Crippen molar-refractivity contribution in [2.75, 3.05) is 13.3 Å². The maximum atomic E-state index is 13.2. The molecule has 7 nitrogen and oxygen atoms in total. The average molecular weight is 511 g/mol. The van der Waals surface area contributed by atoms with Gasteiger partial charge in [-0.2, -0.15) is 0 Å². The molecule has 2 atom stereocenters. The fraction of sp³-hybridized carbons (Fsp3) is 0.286. The van der Waals surface area contributed by atoms with Crippen molar-refractivity contribution in [3.05, 3.63) is 102 Å². The van der Waals surface area contributed by atoms with Crippen LogP contribution in [0.15, 0.2) is 84.9 Å². The fourth-order valence-corrected chi connectivity index (χ4v) is 4.83. The third kappa shape index (κ3) is 8.99. The quantitative estimate of drug-likeness (QED) is 0.207. The Balaban J connectivity index is 1.49. The van der Waals surface area contributed by atoms with Crippen LogP contribution in [0.1, 0.15) is 30.0 Å². The molecule has 0 N–H and O–H groups in total. The van der Waals surface area contributed by atoms with E-state index in [0.29, 0.717) is 11.3 Å². The summed E-state index contributed by atoms with van der Waals surface area (Å²) in [4.78, 5) is 24.6. The van der Waals surface area contributed by atoms with Gasteiger partial charge in [0.1, 0.15) is 19.0 Å². The van der Waals surface area contributed by atoms with E-state index in [-0.39, 0.29) is 44.2 Å². The first kappa shape index (κ1) is 27.2. The molecular formula is C28H31O7P. The van der Waals surface area contributed by atoms with Crippen molar-refractivity contribution in [1.82, 2.24) is 0 Å². The van der Waals surface area contributed by atoms with Gasteiger partial charge in [-0.15, -0.1) is 0 Å². The third-order valence-corrected chi connectivity index (χ3v) is 7.33. The number of hydrogen-bond acceptors (Lipinski definition) is 7. The Kier molecular flexibility index (Phi) is 10.3. The second-order valence-electron chi connectivity index (χ2n) is 8.36. The Labute approximate surface area is 211 Å². The van der Waals surface area contributed by atoms with E-state index in [4.69, 9.17) is 18.5 Å². The van der Waals surface area contributed by atoms with E-state index in [2.05, 4.69) is 0 Å². The van der Waals surface area contributed by atoms with E-state index in [1.807, 2.05) is 60.7 Å². The number of benzene rings is 3. The molecule has 0 fully saturated rings. The Hall–Kier alpha value is -3.41. The van der Waals surface area contributed by atoms with Crippen LogP contribution in [-0.4, -0.2) is 25.2 Å². The number of esters is 2. The highest BCUT2D eigenvalue weighted by atomic mass is 31.2. The van der Waals surface area contributed by atoms with Crippen LogP contribution in [0.2, 0.25) is 0 Å². The van der Waals surface area contributed by atoms with Crippen molar-refractivity contribution < 1.29 is 32.7 Å². The Morgan fingerprint density at radius 2 is 1.39 bits per heavy atom. The van der Waals surface area contributed by atoms with Crippen molar-refractivity contribution in [3.63, 3.8) is 0 Å². The Bertz CT molecular complexity index is 1160. The van der Waals surface area contributed by atoms with Gasteiger partial charge in [0.2, 0.25) is 0 Å². The monoisotopic (exact) mass is 510 g/mol. The second-order valence-corrected chi connectivity index (χ2v) is 10.6. The van der Waals surface area contributed by atoms with Gasteiger partial charge in [-0.1, -0.05) is 79.7 Å². The smallest absolute Gasteiger partial charge is 0.378 e. The fourth-order valence-electron chi connectivity index (χ4n) is 3.34. The molecule has 0 bridgehead atoms. The molecule has 0 aliphatic rings. The molecule has 0 saturated heterocycles. The average Bonchev–Trinajstić information content (AvgIpc) is 2.90. The maximum Gasteiger partial charge on any atom is 0.378 e. The lowest BCUT2D eigenvalue weighted by molar-refractivity contribution is -0.149. The molecule has 8 heteroatoms. The summed E-state index contributed by atoms with van der Waals surface area (Å²) in [5.74, 6) is -0.925. The SMILES string of the molecule is COP(=O)(CC[C@H](C)C(=O)OCc1ccccc1)Oc1cccc(CC(=O)OCc2ccccc2)c1. The zero-order valence-electron chi connectivity index (χ0n) is 20.5. The summed E-state index contributed by atoms with van der Waals surface area (Å²) in [5, 5.41) is 0. The van der Waals surface area contributed by atoms with Gasteiger partial charge >= 0.3 is 19.5 Å². The first-order valence-corrected chi connectivity index (χ1v) is 13.4. The van der Waals surface area contributed by atoms with Crippen molar-refractivity contribution in [2.45, 2.75) is 33.0 Å². The zero-order valence-corrected chi connectivity index (χ0v) is 21.4. The summed E-state index contributed by atoms with van der Waals surface area (Å²) >= 11 is 0. The minimum absolute atomic E-state index is 0.0362. The molecule has 0 amide bonds. The highest BCUT2D eigenvalue weighted by molar-refractivity contribution is 7.54. The van der Waals surface area contributed by atoms with Crippen LogP contribution in [0.25, 0.3) is 0 Å². The summed E-state index contributed by atoms with van der Waals surface area (Å²) in [6, 6.07) is 25.6. The number of hydrogen-bond donors (Lipinski definition) is 0. The molecule has 0 spiro atoms. The number of carbonyl (C=O) groups is 2. The molecule has 1 unspecified atom stereocenters. The van der Waals surface area contributed by atoms with Crippen molar-refractivity contribution in [2.24, 2.45) is 5.92 Å². The predicted octanol–water partition coefficient (Wildman–Crippen LogP) is 5.96. The first-order chi connectivity index (χ1) is 17.4. The minimum atomic E-state index is -3.52. The van der Waals surface area contributed by atoms with Crippen molar-refractivity contribution in [1.29, 1.82) is 0 Å². The molecule has 3 rings (SSSR count). The van der Waals surface area contributed by atoms with Gasteiger partial charge in [0, 0.05) is 7.11 Å². The van der Waals surface area contributed by atoms with Gasteiger partial charge in [-0.05, 0) is 35.2 Å². The summed E-state index contributed by atoms with van der Waals surface area (Å²) in [5.41, 5.74) is 2.46. The first-order valence-electron chi connectivity index (χ1n) is 11.7. The molecule has 3 aromatic carbocycles.